The molecule has 2 N–H and O–H groups in total. The Morgan fingerprint density at radius 2 is 1.64 bits per heavy atom. The molecule has 5 rings (SSSR count). The molecule has 0 aliphatic carbocycles. The van der Waals surface area contributed by atoms with E-state index in [1.54, 1.807) is 20.3 Å². The number of hydrogen-bond acceptors (Lipinski definition) is 5. The Balaban J connectivity index is 1.58. The van der Waals surface area contributed by atoms with Crippen LogP contribution in [-0.2, 0) is 6.54 Å². The highest BCUT2D eigenvalue weighted by molar-refractivity contribution is 5.65. The molecule has 172 valence electrons. The molecule has 1 saturated heterocycles. The van der Waals surface area contributed by atoms with Gasteiger partial charge < -0.3 is 14.4 Å². The minimum Gasteiger partial charge on any atom is -0.493 e. The van der Waals surface area contributed by atoms with Crippen molar-refractivity contribution in [3.63, 3.8) is 0 Å². The van der Waals surface area contributed by atoms with E-state index in [-0.39, 0.29) is 23.8 Å². The molecule has 6 heteroatoms. The van der Waals surface area contributed by atoms with Crippen LogP contribution in [0.4, 0.5) is 10.1 Å². The summed E-state index contributed by atoms with van der Waals surface area (Å²) in [4.78, 5) is 2.26. The van der Waals surface area contributed by atoms with Crippen LogP contribution < -0.4 is 25.2 Å². The van der Waals surface area contributed by atoms with Crippen LogP contribution in [0.25, 0.3) is 0 Å². The van der Waals surface area contributed by atoms with Crippen molar-refractivity contribution in [3.8, 4) is 11.5 Å². The minimum absolute atomic E-state index is 0.100. The molecule has 3 atom stereocenters. The normalized spacial score (nSPS) is 21.5. The van der Waals surface area contributed by atoms with Crippen molar-refractivity contribution in [2.45, 2.75) is 32.5 Å². The maximum absolute atomic E-state index is 14.6. The van der Waals surface area contributed by atoms with Crippen LogP contribution >= 0.6 is 0 Å². The van der Waals surface area contributed by atoms with Gasteiger partial charge in [0.1, 0.15) is 5.82 Å². The SMILES string of the molecule is COc1cc2c(cc1OC)N(Cc1ccccc1F)CC1C(c3ccc(C)c(C)c3)NNC21. The van der Waals surface area contributed by atoms with Gasteiger partial charge in [0, 0.05) is 36.3 Å². The first-order chi connectivity index (χ1) is 16.0. The van der Waals surface area contributed by atoms with Crippen LogP contribution in [0.15, 0.2) is 54.6 Å². The topological polar surface area (TPSA) is 45.8 Å². The highest BCUT2D eigenvalue weighted by Gasteiger charge is 2.44. The van der Waals surface area contributed by atoms with Gasteiger partial charge in [-0.1, -0.05) is 36.4 Å². The van der Waals surface area contributed by atoms with Crippen molar-refractivity contribution in [1.29, 1.82) is 0 Å². The van der Waals surface area contributed by atoms with E-state index < -0.39 is 0 Å². The lowest BCUT2D eigenvalue weighted by atomic mass is 9.81. The number of hydrazine groups is 1. The van der Waals surface area contributed by atoms with E-state index in [0.29, 0.717) is 23.6 Å². The molecule has 1 fully saturated rings. The van der Waals surface area contributed by atoms with Gasteiger partial charge in [0.2, 0.25) is 0 Å². The maximum Gasteiger partial charge on any atom is 0.162 e. The summed E-state index contributed by atoms with van der Waals surface area (Å²) in [5.41, 5.74) is 13.7. The highest BCUT2D eigenvalue weighted by Crippen LogP contribution is 2.49. The largest absolute Gasteiger partial charge is 0.493 e. The highest BCUT2D eigenvalue weighted by atomic mass is 19.1. The van der Waals surface area contributed by atoms with E-state index >= 15 is 0 Å². The second-order valence-corrected chi connectivity index (χ2v) is 8.99. The van der Waals surface area contributed by atoms with Crippen molar-refractivity contribution in [2.24, 2.45) is 5.92 Å². The predicted molar refractivity (Wildman–Crippen MR) is 128 cm³/mol. The fourth-order valence-electron chi connectivity index (χ4n) is 5.14. The summed E-state index contributed by atoms with van der Waals surface area (Å²) in [6.45, 7) is 5.54. The zero-order chi connectivity index (χ0) is 23.1. The van der Waals surface area contributed by atoms with Crippen LogP contribution in [0, 0.1) is 25.6 Å². The standard InChI is InChI=1S/C27H30FN3O2/c1-16-9-10-18(11-17(16)2)26-21-15-31(14-19-7-5-6-8-22(19)28)23-13-25(33-4)24(32-3)12-20(23)27(21)30-29-26/h5-13,21,26-27,29-30H,14-15H2,1-4H3. The van der Waals surface area contributed by atoms with Gasteiger partial charge in [-0.2, -0.15) is 0 Å². The van der Waals surface area contributed by atoms with Gasteiger partial charge in [-0.15, -0.1) is 0 Å². The zero-order valence-electron chi connectivity index (χ0n) is 19.5. The molecule has 0 spiro atoms. The molecule has 3 unspecified atom stereocenters. The number of halogens is 1. The smallest absolute Gasteiger partial charge is 0.162 e. The average Bonchev–Trinajstić information content (AvgIpc) is 3.25. The lowest BCUT2D eigenvalue weighted by Gasteiger charge is -2.39. The Morgan fingerprint density at radius 1 is 0.909 bits per heavy atom. The van der Waals surface area contributed by atoms with E-state index in [4.69, 9.17) is 9.47 Å². The summed E-state index contributed by atoms with van der Waals surface area (Å²) < 4.78 is 25.8. The summed E-state index contributed by atoms with van der Waals surface area (Å²) in [7, 11) is 3.29. The Kier molecular flexibility index (Phi) is 5.72. The first kappa shape index (κ1) is 21.7. The van der Waals surface area contributed by atoms with E-state index in [2.05, 4.69) is 53.9 Å². The number of hydrogen-bond donors (Lipinski definition) is 2. The first-order valence-electron chi connectivity index (χ1n) is 11.3. The second-order valence-electron chi connectivity index (χ2n) is 8.99. The van der Waals surface area contributed by atoms with Gasteiger partial charge >= 0.3 is 0 Å². The summed E-state index contributed by atoms with van der Waals surface area (Å²) in [6.07, 6.45) is 0. The summed E-state index contributed by atoms with van der Waals surface area (Å²) in [6, 6.07) is 17.9. The quantitative estimate of drug-likeness (QED) is 0.577. The number of methoxy groups -OCH3 is 2. The monoisotopic (exact) mass is 447 g/mol. The lowest BCUT2D eigenvalue weighted by Crippen LogP contribution is -2.39. The number of ether oxygens (including phenoxy) is 2. The van der Waals surface area contributed by atoms with Gasteiger partial charge in [-0.25, -0.2) is 15.2 Å². The molecule has 0 saturated carbocycles. The number of anilines is 1. The first-order valence-corrected chi connectivity index (χ1v) is 11.3. The third-order valence-corrected chi connectivity index (χ3v) is 7.10. The van der Waals surface area contributed by atoms with Crippen LogP contribution in [-0.4, -0.2) is 20.8 Å². The molecule has 2 aliphatic heterocycles. The van der Waals surface area contributed by atoms with E-state index in [1.807, 2.05) is 18.2 Å². The molecular formula is C27H30FN3O2. The van der Waals surface area contributed by atoms with Crippen molar-refractivity contribution < 1.29 is 13.9 Å². The Morgan fingerprint density at radius 3 is 2.36 bits per heavy atom. The third kappa shape index (κ3) is 3.83. The van der Waals surface area contributed by atoms with Crippen LogP contribution in [0.2, 0.25) is 0 Å². The van der Waals surface area contributed by atoms with Crippen molar-refractivity contribution in [2.75, 3.05) is 25.7 Å². The van der Waals surface area contributed by atoms with E-state index in [1.165, 1.54) is 22.8 Å². The molecule has 3 aromatic carbocycles. The van der Waals surface area contributed by atoms with E-state index in [0.717, 1.165) is 17.8 Å². The molecule has 0 amide bonds. The van der Waals surface area contributed by atoms with Gasteiger partial charge in [-0.3, -0.25) is 0 Å². The molecule has 0 aromatic heterocycles. The molecular weight excluding hydrogens is 417 g/mol. The van der Waals surface area contributed by atoms with Gasteiger partial charge in [-0.05, 0) is 48.2 Å². The van der Waals surface area contributed by atoms with Gasteiger partial charge in [0.05, 0.1) is 26.3 Å². The van der Waals surface area contributed by atoms with E-state index in [9.17, 15) is 4.39 Å². The van der Waals surface area contributed by atoms with Gasteiger partial charge in [0.25, 0.3) is 0 Å². The van der Waals surface area contributed by atoms with Crippen molar-refractivity contribution >= 4 is 5.69 Å². The Hall–Kier alpha value is -3.09. The van der Waals surface area contributed by atoms with Crippen LogP contribution in [0.1, 0.15) is 39.9 Å². The average molecular weight is 448 g/mol. The maximum atomic E-state index is 14.6. The molecule has 0 radical (unpaired) electrons. The number of rotatable bonds is 5. The molecule has 5 nitrogen and oxygen atoms in total. The summed E-state index contributed by atoms with van der Waals surface area (Å²) in [5.74, 6) is 1.43. The number of nitrogens with zero attached hydrogens (tertiary/aromatic N) is 1. The summed E-state index contributed by atoms with van der Waals surface area (Å²) in [5, 5.41) is 0. The third-order valence-electron chi connectivity index (χ3n) is 7.10. The number of fused-ring (bicyclic) bond motifs is 3. The zero-order valence-corrected chi connectivity index (χ0v) is 19.5. The molecule has 3 aromatic rings. The Bertz CT molecular complexity index is 1180. The number of aryl methyl sites for hydroxylation is 2. The van der Waals surface area contributed by atoms with Crippen molar-refractivity contribution in [3.05, 3.63) is 88.2 Å². The minimum atomic E-state index is -0.185. The van der Waals surface area contributed by atoms with Crippen molar-refractivity contribution in [1.82, 2.24) is 10.9 Å². The van der Waals surface area contributed by atoms with Crippen LogP contribution in [0.5, 0.6) is 11.5 Å². The molecule has 33 heavy (non-hydrogen) atoms. The van der Waals surface area contributed by atoms with Gasteiger partial charge in [0.15, 0.2) is 11.5 Å². The predicted octanol–water partition coefficient (Wildman–Crippen LogP) is 4.99. The molecule has 2 aliphatic rings. The molecule has 2 heterocycles. The molecule has 0 bridgehead atoms. The number of nitrogens with one attached hydrogen (secondary N) is 2. The Labute approximate surface area is 194 Å². The fourth-order valence-corrected chi connectivity index (χ4v) is 5.14. The van der Waals surface area contributed by atoms with Crippen LogP contribution in [0.3, 0.4) is 0 Å². The fraction of sp³-hybridized carbons (Fsp3) is 0.333. The number of benzene rings is 3. The second kappa shape index (κ2) is 8.69. The lowest BCUT2D eigenvalue weighted by molar-refractivity contribution is 0.350. The summed E-state index contributed by atoms with van der Waals surface area (Å²) >= 11 is 0.